The van der Waals surface area contributed by atoms with Gasteiger partial charge in [0.1, 0.15) is 12.4 Å². The molecule has 224 valence electrons. The van der Waals surface area contributed by atoms with Crippen molar-refractivity contribution in [2.24, 2.45) is 5.92 Å². The molecular formula is C33H39NO8. The van der Waals surface area contributed by atoms with Gasteiger partial charge in [0.2, 0.25) is 0 Å². The van der Waals surface area contributed by atoms with Gasteiger partial charge in [-0.2, -0.15) is 0 Å². The van der Waals surface area contributed by atoms with Crippen LogP contribution in [0.4, 0.5) is 0 Å². The Bertz CT molecular complexity index is 1320. The highest BCUT2D eigenvalue weighted by Crippen LogP contribution is 2.30. The van der Waals surface area contributed by atoms with Crippen LogP contribution in [0.2, 0.25) is 0 Å². The second-order valence-electron chi connectivity index (χ2n) is 11.0. The minimum Gasteiger partial charge on any atom is -0.489 e. The molecule has 0 aliphatic heterocycles. The molecule has 0 saturated carbocycles. The zero-order chi connectivity index (χ0) is 30.7. The number of fused-ring (bicyclic) bond motifs is 1. The molecule has 1 unspecified atom stereocenters. The summed E-state index contributed by atoms with van der Waals surface area (Å²) in [6.45, 7) is 1.80. The summed E-state index contributed by atoms with van der Waals surface area (Å²) in [5.74, 6) is -3.21. The summed E-state index contributed by atoms with van der Waals surface area (Å²) < 4.78 is 6.10. The van der Waals surface area contributed by atoms with Crippen LogP contribution in [0.15, 0.2) is 72.8 Å². The van der Waals surface area contributed by atoms with Gasteiger partial charge in [-0.15, -0.1) is 0 Å². The van der Waals surface area contributed by atoms with Gasteiger partial charge in [-0.3, -0.25) is 9.59 Å². The largest absolute Gasteiger partial charge is 0.489 e. The van der Waals surface area contributed by atoms with E-state index in [0.29, 0.717) is 6.61 Å². The second kappa shape index (κ2) is 15.1. The first kappa shape index (κ1) is 32.3. The molecule has 0 bridgehead atoms. The molecule has 0 saturated heterocycles. The number of carboxylic acids is 3. The molecule has 9 nitrogen and oxygen atoms in total. The lowest BCUT2D eigenvalue weighted by Gasteiger charge is -2.26. The summed E-state index contributed by atoms with van der Waals surface area (Å²) in [5, 5.41) is 33.8. The van der Waals surface area contributed by atoms with Crippen LogP contribution in [0.5, 0.6) is 5.75 Å². The molecule has 42 heavy (non-hydrogen) atoms. The molecule has 4 N–H and O–H groups in total. The number of rotatable bonds is 12. The Morgan fingerprint density at radius 1 is 0.857 bits per heavy atom. The molecule has 0 radical (unpaired) electrons. The van der Waals surface area contributed by atoms with Crippen LogP contribution in [0.3, 0.4) is 0 Å². The van der Waals surface area contributed by atoms with E-state index >= 15 is 0 Å². The monoisotopic (exact) mass is 577 g/mol. The number of hydrogen-bond donors (Lipinski definition) is 4. The Kier molecular flexibility index (Phi) is 11.6. The van der Waals surface area contributed by atoms with Crippen molar-refractivity contribution < 1.29 is 39.5 Å². The van der Waals surface area contributed by atoms with Crippen molar-refractivity contribution in [2.75, 3.05) is 20.6 Å². The number of ether oxygens (including phenoxy) is 1. The predicted molar refractivity (Wildman–Crippen MR) is 158 cm³/mol. The molecule has 1 aliphatic rings. The standard InChI is InChI=1S/C27H31NO.C6H8O7/c1-28(2)17-16-21-8-13-26-19-27(15-14-25(26)18-21)29-20-22-9-11-24(12-10-22)23-6-4-3-5-7-23;7-3(8)1-6(13,5(11)12)2-4(9)10/h3-7,9-12,14-15,19,21H,8,13,16-18,20H2,1-2H3;13H,1-2H2,(H,7,8)(H,9,10)(H,11,12). The highest BCUT2D eigenvalue weighted by molar-refractivity contribution is 5.88. The number of aliphatic hydroxyl groups is 1. The van der Waals surface area contributed by atoms with Crippen LogP contribution in [-0.4, -0.2) is 69.5 Å². The van der Waals surface area contributed by atoms with E-state index in [4.69, 9.17) is 25.2 Å². The summed E-state index contributed by atoms with van der Waals surface area (Å²) >= 11 is 0. The quantitative estimate of drug-likeness (QED) is 0.240. The number of nitrogens with zero attached hydrogens (tertiary/aromatic N) is 1. The summed E-state index contributed by atoms with van der Waals surface area (Å²) in [7, 11) is 4.32. The molecule has 3 aromatic rings. The number of hydrogen-bond acceptors (Lipinski definition) is 6. The summed E-state index contributed by atoms with van der Waals surface area (Å²) in [5.41, 5.74) is 3.94. The maximum atomic E-state index is 10.3. The van der Waals surface area contributed by atoms with Crippen molar-refractivity contribution in [3.05, 3.63) is 89.5 Å². The molecule has 0 amide bonds. The van der Waals surface area contributed by atoms with Crippen LogP contribution in [0.25, 0.3) is 11.1 Å². The van der Waals surface area contributed by atoms with E-state index in [1.807, 2.05) is 6.07 Å². The van der Waals surface area contributed by atoms with Crippen LogP contribution < -0.4 is 4.74 Å². The van der Waals surface area contributed by atoms with Gasteiger partial charge in [0.05, 0.1) is 12.8 Å². The highest BCUT2D eigenvalue weighted by atomic mass is 16.5. The molecule has 0 aromatic heterocycles. The van der Waals surface area contributed by atoms with Crippen molar-refractivity contribution in [3.63, 3.8) is 0 Å². The zero-order valence-electron chi connectivity index (χ0n) is 24.0. The third kappa shape index (κ3) is 10.0. The number of benzene rings is 3. The minimum atomic E-state index is -2.74. The molecule has 4 rings (SSSR count). The zero-order valence-corrected chi connectivity index (χ0v) is 24.0. The Morgan fingerprint density at radius 2 is 1.48 bits per heavy atom. The van der Waals surface area contributed by atoms with Gasteiger partial charge in [-0.05, 0) is 92.2 Å². The lowest BCUT2D eigenvalue weighted by molar-refractivity contribution is -0.170. The number of aliphatic carboxylic acids is 3. The van der Waals surface area contributed by atoms with E-state index in [2.05, 4.69) is 85.7 Å². The first-order chi connectivity index (χ1) is 19.9. The first-order valence-electron chi connectivity index (χ1n) is 13.9. The van der Waals surface area contributed by atoms with Gasteiger partial charge in [-0.25, -0.2) is 4.79 Å². The third-order valence-corrected chi connectivity index (χ3v) is 7.24. The molecule has 0 heterocycles. The smallest absolute Gasteiger partial charge is 0.336 e. The molecule has 0 spiro atoms. The Hall–Kier alpha value is -4.21. The lowest BCUT2D eigenvalue weighted by Crippen LogP contribution is -2.42. The van der Waals surface area contributed by atoms with Gasteiger partial charge in [-0.1, -0.05) is 60.7 Å². The van der Waals surface area contributed by atoms with E-state index in [1.54, 1.807) is 0 Å². The van der Waals surface area contributed by atoms with Gasteiger partial charge in [0.15, 0.2) is 5.60 Å². The number of carboxylic acid groups (broad SMARTS) is 3. The van der Waals surface area contributed by atoms with Crippen LogP contribution in [-0.2, 0) is 33.8 Å². The van der Waals surface area contributed by atoms with Crippen molar-refractivity contribution >= 4 is 17.9 Å². The van der Waals surface area contributed by atoms with E-state index in [1.165, 1.54) is 60.0 Å². The first-order valence-corrected chi connectivity index (χ1v) is 13.9. The van der Waals surface area contributed by atoms with Crippen molar-refractivity contribution in [1.82, 2.24) is 4.90 Å². The van der Waals surface area contributed by atoms with Crippen LogP contribution in [0, 0.1) is 5.92 Å². The topological polar surface area (TPSA) is 145 Å². The molecule has 9 heteroatoms. The van der Waals surface area contributed by atoms with Gasteiger partial charge in [0, 0.05) is 0 Å². The summed E-state index contributed by atoms with van der Waals surface area (Å²) in [4.78, 5) is 32.8. The predicted octanol–water partition coefficient (Wildman–Crippen LogP) is 4.74. The van der Waals surface area contributed by atoms with E-state index < -0.39 is 36.4 Å². The fraction of sp³-hybridized carbons (Fsp3) is 0.364. The Morgan fingerprint density at radius 3 is 2.05 bits per heavy atom. The number of aryl methyl sites for hydroxylation is 1. The van der Waals surface area contributed by atoms with Gasteiger partial charge >= 0.3 is 17.9 Å². The number of carbonyl (C=O) groups is 3. The van der Waals surface area contributed by atoms with Crippen molar-refractivity contribution in [3.8, 4) is 16.9 Å². The van der Waals surface area contributed by atoms with Gasteiger partial charge in [0.25, 0.3) is 0 Å². The molecule has 1 aliphatic carbocycles. The Balaban J connectivity index is 0.000000316. The molecule has 3 aromatic carbocycles. The molecule has 1 atom stereocenters. The average Bonchev–Trinajstić information content (AvgIpc) is 2.95. The SMILES string of the molecule is CN(C)CCC1CCc2cc(OCc3ccc(-c4ccccc4)cc3)ccc2C1.O=C(O)CC(O)(CC(=O)O)C(=O)O. The summed E-state index contributed by atoms with van der Waals surface area (Å²) in [6, 6.07) is 25.9. The van der Waals surface area contributed by atoms with E-state index in [-0.39, 0.29) is 0 Å². The van der Waals surface area contributed by atoms with Crippen LogP contribution in [0.1, 0.15) is 42.4 Å². The van der Waals surface area contributed by atoms with Gasteiger partial charge < -0.3 is 30.1 Å². The maximum absolute atomic E-state index is 10.3. The van der Waals surface area contributed by atoms with Crippen LogP contribution >= 0.6 is 0 Å². The molecule has 0 fully saturated rings. The van der Waals surface area contributed by atoms with E-state index in [9.17, 15) is 14.4 Å². The maximum Gasteiger partial charge on any atom is 0.336 e. The van der Waals surface area contributed by atoms with Crippen molar-refractivity contribution in [1.29, 1.82) is 0 Å². The second-order valence-corrected chi connectivity index (χ2v) is 11.0. The fourth-order valence-electron chi connectivity index (χ4n) is 4.89. The Labute approximate surface area is 246 Å². The summed E-state index contributed by atoms with van der Waals surface area (Å²) in [6.07, 6.45) is 2.69. The fourth-order valence-corrected chi connectivity index (χ4v) is 4.89. The third-order valence-electron chi connectivity index (χ3n) is 7.24. The normalized spacial score (nSPS) is 14.3. The highest BCUT2D eigenvalue weighted by Gasteiger charge is 2.40. The minimum absolute atomic E-state index is 0.610. The van der Waals surface area contributed by atoms with E-state index in [0.717, 1.165) is 11.7 Å². The average molecular weight is 578 g/mol. The lowest BCUT2D eigenvalue weighted by atomic mass is 9.82. The molecular weight excluding hydrogens is 538 g/mol. The van der Waals surface area contributed by atoms with Crippen molar-refractivity contribution in [2.45, 2.75) is 50.7 Å².